The number of hydrogen-bond acceptors (Lipinski definition) is 16. The Morgan fingerprint density at radius 3 is 1.29 bits per heavy atom. The smallest absolute Gasteiger partial charge is 0.186 e. The van der Waals surface area contributed by atoms with E-state index in [1.807, 2.05) is 0 Å². The predicted octanol–water partition coefficient (Wildman–Crippen LogP) is -7.57. The van der Waals surface area contributed by atoms with Crippen LogP contribution in [0.1, 0.15) is 0 Å². The first-order valence-electron chi connectivity index (χ1n) is 10.6. The van der Waals surface area contributed by atoms with Crippen LogP contribution >= 0.6 is 0 Å². The van der Waals surface area contributed by atoms with E-state index in [0.717, 1.165) is 0 Å². The molecule has 0 amide bonds. The van der Waals surface area contributed by atoms with Crippen molar-refractivity contribution >= 4 is 0 Å². The molecule has 11 N–H and O–H groups in total. The third-order valence-electron chi connectivity index (χ3n) is 6.05. The molecule has 0 bridgehead atoms. The van der Waals surface area contributed by atoms with Crippen LogP contribution in [-0.4, -0.2) is 168 Å². The van der Waals surface area contributed by atoms with Crippen molar-refractivity contribution in [3.05, 3.63) is 0 Å². The van der Waals surface area contributed by atoms with Gasteiger partial charge in [0.25, 0.3) is 0 Å². The van der Waals surface area contributed by atoms with Gasteiger partial charge in [-0.15, -0.1) is 0 Å². The molecule has 0 radical (unpaired) electrons. The van der Waals surface area contributed by atoms with Gasteiger partial charge in [0.1, 0.15) is 73.2 Å². The number of aliphatic hydroxyl groups excluding tert-OH is 11. The Kier molecular flexibility index (Phi) is 9.54. The van der Waals surface area contributed by atoms with Gasteiger partial charge in [-0.05, 0) is 0 Å². The quantitative estimate of drug-likeness (QED) is 0.154. The first-order chi connectivity index (χ1) is 16.0. The molecule has 16 nitrogen and oxygen atoms in total. The summed E-state index contributed by atoms with van der Waals surface area (Å²) in [6.07, 6.45) is -24.4. The van der Waals surface area contributed by atoms with E-state index in [1.165, 1.54) is 0 Å². The minimum absolute atomic E-state index is 0.570. The fourth-order valence-corrected chi connectivity index (χ4v) is 3.84. The first-order valence-corrected chi connectivity index (χ1v) is 10.6. The minimum Gasteiger partial charge on any atom is -0.394 e. The Hall–Kier alpha value is -0.640. The van der Waals surface area contributed by atoms with Gasteiger partial charge in [-0.25, -0.2) is 0 Å². The molecule has 0 aliphatic carbocycles. The van der Waals surface area contributed by atoms with Gasteiger partial charge in [0.15, 0.2) is 18.9 Å². The van der Waals surface area contributed by atoms with Crippen LogP contribution in [0.4, 0.5) is 0 Å². The van der Waals surface area contributed by atoms with E-state index >= 15 is 0 Å². The van der Waals surface area contributed by atoms with E-state index in [9.17, 15) is 56.2 Å². The number of ether oxygens (including phenoxy) is 5. The van der Waals surface area contributed by atoms with Gasteiger partial charge < -0.3 is 79.9 Å². The molecule has 0 aromatic carbocycles. The van der Waals surface area contributed by atoms with Gasteiger partial charge in [0.2, 0.25) is 0 Å². The van der Waals surface area contributed by atoms with Gasteiger partial charge in [0, 0.05) is 0 Å². The third-order valence-corrected chi connectivity index (χ3v) is 6.05. The maximum absolute atomic E-state index is 10.2. The second-order valence-electron chi connectivity index (χ2n) is 8.42. The van der Waals surface area contributed by atoms with Gasteiger partial charge in [-0.2, -0.15) is 0 Å². The number of rotatable bonds is 7. The summed E-state index contributed by atoms with van der Waals surface area (Å²) in [5.74, 6) is 0. The van der Waals surface area contributed by atoms with Crippen molar-refractivity contribution in [1.29, 1.82) is 0 Å². The maximum Gasteiger partial charge on any atom is 0.186 e. The normalized spacial score (nSPS) is 52.5. The van der Waals surface area contributed by atoms with Crippen molar-refractivity contribution in [2.45, 2.75) is 92.1 Å². The van der Waals surface area contributed by atoms with E-state index in [-0.39, 0.29) is 0 Å². The van der Waals surface area contributed by atoms with Crippen molar-refractivity contribution in [2.24, 2.45) is 0 Å². The summed E-state index contributed by atoms with van der Waals surface area (Å²) in [5.41, 5.74) is 0. The highest BCUT2D eigenvalue weighted by molar-refractivity contribution is 4.92. The Bertz CT molecular complexity index is 639. The Morgan fingerprint density at radius 1 is 0.441 bits per heavy atom. The van der Waals surface area contributed by atoms with Crippen molar-refractivity contribution < 1.29 is 79.9 Å². The van der Waals surface area contributed by atoms with Crippen molar-refractivity contribution in [3.63, 3.8) is 0 Å². The molecule has 15 atom stereocenters. The second-order valence-corrected chi connectivity index (χ2v) is 8.42. The molecule has 3 saturated heterocycles. The number of aliphatic hydroxyl groups is 11. The zero-order valence-electron chi connectivity index (χ0n) is 17.7. The van der Waals surface area contributed by atoms with Gasteiger partial charge in [0.05, 0.1) is 19.8 Å². The molecular weight excluding hydrogens is 472 g/mol. The van der Waals surface area contributed by atoms with Crippen LogP contribution in [0.3, 0.4) is 0 Å². The summed E-state index contributed by atoms with van der Waals surface area (Å²) >= 11 is 0. The fraction of sp³-hybridized carbons (Fsp3) is 1.00. The molecule has 3 aliphatic heterocycles. The monoisotopic (exact) mass is 504 g/mol. The fourth-order valence-electron chi connectivity index (χ4n) is 3.84. The highest BCUT2D eigenvalue weighted by Gasteiger charge is 2.48. The maximum atomic E-state index is 10.2. The van der Waals surface area contributed by atoms with Gasteiger partial charge >= 0.3 is 0 Å². The van der Waals surface area contributed by atoms with Crippen LogP contribution in [-0.2, 0) is 23.7 Å². The summed E-state index contributed by atoms with van der Waals surface area (Å²) in [4.78, 5) is 0. The second kappa shape index (κ2) is 11.6. The van der Waals surface area contributed by atoms with E-state index in [0.29, 0.717) is 0 Å². The van der Waals surface area contributed by atoms with Crippen LogP contribution in [0.2, 0.25) is 0 Å². The first kappa shape index (κ1) is 27.9. The summed E-state index contributed by atoms with van der Waals surface area (Å²) in [7, 11) is 0. The average Bonchev–Trinajstić information content (AvgIpc) is 2.82. The molecule has 16 heteroatoms. The zero-order valence-corrected chi connectivity index (χ0v) is 17.7. The van der Waals surface area contributed by atoms with Crippen LogP contribution in [0, 0.1) is 0 Å². The Labute approximate surface area is 192 Å². The number of hydrogen-bond donors (Lipinski definition) is 11. The summed E-state index contributed by atoms with van der Waals surface area (Å²) < 4.78 is 26.1. The lowest BCUT2D eigenvalue weighted by Gasteiger charge is -2.43. The van der Waals surface area contributed by atoms with E-state index in [1.54, 1.807) is 0 Å². The standard InChI is InChI=1S/C18H32O16/c19-1-4-7(20)11(24)14(27)17(33-4)31-3-6-9(22)12(25)15(28)18(34-6)30-2-5-8(21)10(23)13(26)16(29)32-5/h4-29H,1-3H2/t4-,5?,6?,7-,8-,9-,10+,11+,12+,13-,14-,15-,16?,17-,18-/m1/s1. The lowest BCUT2D eigenvalue weighted by Crippen LogP contribution is -2.62. The molecule has 200 valence electrons. The molecule has 0 spiro atoms. The highest BCUT2D eigenvalue weighted by Crippen LogP contribution is 2.27. The van der Waals surface area contributed by atoms with E-state index in [2.05, 4.69) is 0 Å². The minimum atomic E-state index is -1.82. The summed E-state index contributed by atoms with van der Waals surface area (Å²) in [6, 6.07) is 0. The largest absolute Gasteiger partial charge is 0.394 e. The molecule has 0 aromatic heterocycles. The van der Waals surface area contributed by atoms with Crippen LogP contribution in [0.15, 0.2) is 0 Å². The topological polar surface area (TPSA) is 269 Å². The van der Waals surface area contributed by atoms with Gasteiger partial charge in [-0.3, -0.25) is 0 Å². The van der Waals surface area contributed by atoms with Gasteiger partial charge in [-0.1, -0.05) is 0 Å². The molecule has 3 unspecified atom stereocenters. The third kappa shape index (κ3) is 5.68. The summed E-state index contributed by atoms with van der Waals surface area (Å²) in [5, 5.41) is 108. The molecule has 34 heavy (non-hydrogen) atoms. The molecule has 3 heterocycles. The van der Waals surface area contributed by atoms with Crippen molar-refractivity contribution in [3.8, 4) is 0 Å². The predicted molar refractivity (Wildman–Crippen MR) is 101 cm³/mol. The average molecular weight is 504 g/mol. The van der Waals surface area contributed by atoms with E-state index < -0.39 is 112 Å². The van der Waals surface area contributed by atoms with Crippen molar-refractivity contribution in [1.82, 2.24) is 0 Å². The van der Waals surface area contributed by atoms with Crippen molar-refractivity contribution in [2.75, 3.05) is 19.8 Å². The molecule has 3 rings (SSSR count). The summed E-state index contributed by atoms with van der Waals surface area (Å²) in [6.45, 7) is -1.84. The van der Waals surface area contributed by atoms with Crippen LogP contribution in [0.5, 0.6) is 0 Å². The Balaban J connectivity index is 1.58. The molecular formula is C18H32O16. The lowest BCUT2D eigenvalue weighted by molar-refractivity contribution is -0.340. The van der Waals surface area contributed by atoms with Crippen LogP contribution < -0.4 is 0 Å². The van der Waals surface area contributed by atoms with E-state index in [4.69, 9.17) is 23.7 Å². The molecule has 0 saturated carbocycles. The van der Waals surface area contributed by atoms with Crippen LogP contribution in [0.25, 0.3) is 0 Å². The Morgan fingerprint density at radius 2 is 0.824 bits per heavy atom. The SMILES string of the molecule is OC[C@H]1O[C@@H](OCC2O[C@@H](OCC3OC(O)[C@H](O)[C@@H](O)[C@@H]3O)[C@H](O)[C@@H](O)[C@@H]2O)[C@H](O)[C@@H](O)[C@@H]1O. The lowest BCUT2D eigenvalue weighted by atomic mass is 9.98. The molecule has 3 fully saturated rings. The molecule has 3 aliphatic rings. The highest BCUT2D eigenvalue weighted by atomic mass is 16.7. The molecule has 0 aromatic rings. The zero-order chi connectivity index (χ0) is 25.3.